The number of halogens is 1. The summed E-state index contributed by atoms with van der Waals surface area (Å²) in [5.74, 6) is 0.0960. The first-order valence-electron chi connectivity index (χ1n) is 12.6. The van der Waals surface area contributed by atoms with E-state index in [1.807, 2.05) is 42.5 Å². The first-order valence-corrected chi connectivity index (χ1v) is 12.6. The van der Waals surface area contributed by atoms with Gasteiger partial charge in [0.05, 0.1) is 16.6 Å². The summed E-state index contributed by atoms with van der Waals surface area (Å²) in [6.07, 6.45) is 6.61. The fraction of sp³-hybridized carbons (Fsp3) is 0.233. The van der Waals surface area contributed by atoms with Gasteiger partial charge in [0.1, 0.15) is 0 Å². The molecule has 4 aromatic rings. The topological polar surface area (TPSA) is 83.1 Å². The summed E-state index contributed by atoms with van der Waals surface area (Å²) in [6, 6.07) is 19.8. The monoisotopic (exact) mass is 511 g/mol. The number of aromatic nitrogens is 3. The van der Waals surface area contributed by atoms with Crippen molar-refractivity contribution in [1.29, 1.82) is 0 Å². The van der Waals surface area contributed by atoms with E-state index in [1.54, 1.807) is 33.3 Å². The highest BCUT2D eigenvalue weighted by molar-refractivity contribution is 6.01. The molecule has 1 saturated carbocycles. The predicted molar refractivity (Wildman–Crippen MR) is 146 cm³/mol. The zero-order valence-electron chi connectivity index (χ0n) is 21.7. The van der Waals surface area contributed by atoms with Gasteiger partial charge in [-0.2, -0.15) is 4.39 Å². The minimum Gasteiger partial charge on any atom is -0.362 e. The molecule has 5 rings (SSSR count). The van der Waals surface area contributed by atoms with Gasteiger partial charge in [0.15, 0.2) is 0 Å². The number of hydrogen-bond donors (Lipinski definition) is 2. The van der Waals surface area contributed by atoms with Crippen molar-refractivity contribution in [2.75, 3.05) is 14.1 Å². The zero-order valence-corrected chi connectivity index (χ0v) is 21.7. The molecule has 1 aliphatic carbocycles. The summed E-state index contributed by atoms with van der Waals surface area (Å²) >= 11 is 0. The molecule has 2 N–H and O–H groups in total. The SMILES string of the molecule is C/C(=C\C(=O)N(C)C)NOc1ccc(/C(=C(\c2ccccc2)C2CCC2)c2ccc3[nH]nc(F)c3c2)cn1. The van der Waals surface area contributed by atoms with Gasteiger partial charge in [-0.25, -0.2) is 10.5 Å². The predicted octanol–water partition coefficient (Wildman–Crippen LogP) is 5.73. The number of carbonyl (C=O) groups is 1. The van der Waals surface area contributed by atoms with E-state index >= 15 is 0 Å². The maximum Gasteiger partial charge on any atom is 0.247 e. The summed E-state index contributed by atoms with van der Waals surface area (Å²) in [4.78, 5) is 23.5. The molecule has 194 valence electrons. The lowest BCUT2D eigenvalue weighted by atomic mass is 9.73. The number of pyridine rings is 1. The summed E-state index contributed by atoms with van der Waals surface area (Å²) in [5.41, 5.74) is 9.17. The van der Waals surface area contributed by atoms with Crippen LogP contribution in [0.4, 0.5) is 4.39 Å². The van der Waals surface area contributed by atoms with Crippen molar-refractivity contribution in [3.63, 3.8) is 0 Å². The molecular weight excluding hydrogens is 481 g/mol. The standard InChI is InChI=1S/C30H30FN5O2/c1-19(16-27(37)36(2)3)35-38-26-15-13-23(18-32-26)29(22-12-14-25-24(17-22)30(31)34-33-25)28(21-10-7-11-21)20-8-5-4-6-9-20/h4-6,8-9,12-18,21,35H,7,10-11H2,1-3H3,(H,33,34)/b19-16+,29-28+. The lowest BCUT2D eigenvalue weighted by Crippen LogP contribution is -2.23. The summed E-state index contributed by atoms with van der Waals surface area (Å²) in [7, 11) is 3.37. The van der Waals surface area contributed by atoms with E-state index < -0.39 is 5.95 Å². The number of nitrogens with zero attached hydrogens (tertiary/aromatic N) is 3. The molecule has 0 atom stereocenters. The fourth-order valence-corrected chi connectivity index (χ4v) is 4.58. The highest BCUT2D eigenvalue weighted by Gasteiger charge is 2.27. The van der Waals surface area contributed by atoms with Gasteiger partial charge in [0, 0.05) is 38.0 Å². The van der Waals surface area contributed by atoms with Crippen molar-refractivity contribution in [1.82, 2.24) is 25.6 Å². The van der Waals surface area contributed by atoms with Gasteiger partial charge in [-0.3, -0.25) is 9.89 Å². The smallest absolute Gasteiger partial charge is 0.247 e. The van der Waals surface area contributed by atoms with Gasteiger partial charge in [-0.1, -0.05) is 42.8 Å². The summed E-state index contributed by atoms with van der Waals surface area (Å²) in [6.45, 7) is 1.74. The average Bonchev–Trinajstić information content (AvgIpc) is 3.27. The maximum absolute atomic E-state index is 14.5. The third-order valence-corrected chi connectivity index (χ3v) is 6.79. The number of likely N-dealkylation sites (N-methyl/N-ethyl adjacent to an activating group) is 1. The maximum atomic E-state index is 14.5. The van der Waals surface area contributed by atoms with Crippen molar-refractivity contribution in [3.05, 3.63) is 101 Å². The molecule has 7 nitrogen and oxygen atoms in total. The number of fused-ring (bicyclic) bond motifs is 1. The second kappa shape index (κ2) is 10.9. The number of amides is 1. The summed E-state index contributed by atoms with van der Waals surface area (Å²) in [5, 5.41) is 6.93. The van der Waals surface area contributed by atoms with Gasteiger partial charge in [0.2, 0.25) is 17.7 Å². The van der Waals surface area contributed by atoms with Crippen molar-refractivity contribution in [2.45, 2.75) is 26.2 Å². The zero-order chi connectivity index (χ0) is 26.6. The molecule has 0 unspecified atom stereocenters. The fourth-order valence-electron chi connectivity index (χ4n) is 4.58. The number of nitrogens with one attached hydrogen (secondary N) is 2. The van der Waals surface area contributed by atoms with Crippen LogP contribution in [0, 0.1) is 11.9 Å². The van der Waals surface area contributed by atoms with E-state index in [2.05, 4.69) is 32.8 Å². The molecule has 0 radical (unpaired) electrons. The molecule has 0 spiro atoms. The van der Waals surface area contributed by atoms with Crippen molar-refractivity contribution < 1.29 is 14.0 Å². The van der Waals surface area contributed by atoms with Crippen LogP contribution in [-0.4, -0.2) is 40.1 Å². The van der Waals surface area contributed by atoms with Crippen molar-refractivity contribution in [2.24, 2.45) is 5.92 Å². The summed E-state index contributed by atoms with van der Waals surface area (Å²) < 4.78 is 14.5. The Balaban J connectivity index is 1.55. The first-order chi connectivity index (χ1) is 18.4. The van der Waals surface area contributed by atoms with Crippen LogP contribution in [0.1, 0.15) is 42.9 Å². The number of hydroxylamine groups is 1. The van der Waals surface area contributed by atoms with Gasteiger partial charge < -0.3 is 9.74 Å². The highest BCUT2D eigenvalue weighted by atomic mass is 19.1. The second-order valence-electron chi connectivity index (χ2n) is 9.71. The number of benzene rings is 2. The van der Waals surface area contributed by atoms with E-state index in [0.717, 1.165) is 35.1 Å². The molecule has 38 heavy (non-hydrogen) atoms. The van der Waals surface area contributed by atoms with E-state index in [4.69, 9.17) is 4.84 Å². The molecule has 1 amide bonds. The van der Waals surface area contributed by atoms with Crippen LogP contribution < -0.4 is 10.3 Å². The molecule has 2 aromatic heterocycles. The molecule has 8 heteroatoms. The number of aromatic amines is 1. The Labute approximate surface area is 221 Å². The Hall–Kier alpha value is -4.46. The van der Waals surface area contributed by atoms with Crippen LogP contribution >= 0.6 is 0 Å². The third-order valence-electron chi connectivity index (χ3n) is 6.79. The minimum absolute atomic E-state index is 0.146. The van der Waals surface area contributed by atoms with Crippen LogP contribution in [-0.2, 0) is 4.79 Å². The molecule has 0 saturated heterocycles. The molecule has 2 aromatic carbocycles. The lowest BCUT2D eigenvalue weighted by Gasteiger charge is -2.31. The van der Waals surface area contributed by atoms with Crippen LogP contribution in [0.3, 0.4) is 0 Å². The molecule has 1 aliphatic rings. The number of hydrogen-bond acceptors (Lipinski definition) is 5. The number of rotatable bonds is 8. The van der Waals surface area contributed by atoms with Gasteiger partial charge in [-0.05, 0) is 66.2 Å². The largest absolute Gasteiger partial charge is 0.362 e. The van der Waals surface area contributed by atoms with E-state index in [-0.39, 0.29) is 5.91 Å². The van der Waals surface area contributed by atoms with E-state index in [9.17, 15) is 9.18 Å². The number of allylic oxidation sites excluding steroid dienone is 2. The minimum atomic E-state index is -0.518. The quantitative estimate of drug-likeness (QED) is 0.179. The van der Waals surface area contributed by atoms with Gasteiger partial charge >= 0.3 is 0 Å². The van der Waals surface area contributed by atoms with Crippen LogP contribution in [0.25, 0.3) is 22.0 Å². The highest BCUT2D eigenvalue weighted by Crippen LogP contribution is 2.45. The molecular formula is C30H30FN5O2. The van der Waals surface area contributed by atoms with Gasteiger partial charge in [-0.15, -0.1) is 5.10 Å². The second-order valence-corrected chi connectivity index (χ2v) is 9.71. The number of H-pyrrole nitrogens is 1. The lowest BCUT2D eigenvalue weighted by molar-refractivity contribution is -0.123. The Kier molecular flexibility index (Phi) is 7.22. The molecule has 2 heterocycles. The molecule has 1 fully saturated rings. The average molecular weight is 512 g/mol. The van der Waals surface area contributed by atoms with Crippen LogP contribution in [0.15, 0.2) is 78.6 Å². The Morgan fingerprint density at radius 3 is 2.50 bits per heavy atom. The van der Waals surface area contributed by atoms with Crippen LogP contribution in [0.5, 0.6) is 5.88 Å². The van der Waals surface area contributed by atoms with Crippen molar-refractivity contribution in [3.8, 4) is 5.88 Å². The van der Waals surface area contributed by atoms with Gasteiger partial charge in [0.25, 0.3) is 0 Å². The number of carbonyl (C=O) groups excluding carboxylic acids is 1. The van der Waals surface area contributed by atoms with Crippen molar-refractivity contribution >= 4 is 28.0 Å². The van der Waals surface area contributed by atoms with E-state index in [1.165, 1.54) is 23.0 Å². The normalized spacial score (nSPS) is 14.6. The molecule has 0 aliphatic heterocycles. The first kappa shape index (κ1) is 25.2. The Morgan fingerprint density at radius 1 is 1.08 bits per heavy atom. The molecule has 0 bridgehead atoms. The Morgan fingerprint density at radius 2 is 1.84 bits per heavy atom. The third kappa shape index (κ3) is 5.29. The van der Waals surface area contributed by atoms with E-state index in [0.29, 0.717) is 28.4 Å². The Bertz CT molecular complexity index is 1500. The van der Waals surface area contributed by atoms with Crippen LogP contribution in [0.2, 0.25) is 0 Å².